The minimum Gasteiger partial charge on any atom is -0.392 e. The van der Waals surface area contributed by atoms with E-state index >= 15 is 0 Å². The SMILES string of the molecule is NC(=O)C(c1cccnc1)c1ccc(-c2cccc(CO)c2)nc1NCCc1cccc(F)c1. The second-order valence-electron chi connectivity index (χ2n) is 7.92. The Labute approximate surface area is 197 Å². The van der Waals surface area contributed by atoms with Crippen LogP contribution in [-0.2, 0) is 17.8 Å². The van der Waals surface area contributed by atoms with Crippen molar-refractivity contribution in [1.82, 2.24) is 9.97 Å². The van der Waals surface area contributed by atoms with E-state index in [1.807, 2.05) is 42.5 Å². The lowest BCUT2D eigenvalue weighted by Crippen LogP contribution is -2.24. The van der Waals surface area contributed by atoms with Crippen molar-refractivity contribution >= 4 is 11.7 Å². The van der Waals surface area contributed by atoms with Gasteiger partial charge >= 0.3 is 0 Å². The third-order valence-corrected chi connectivity index (χ3v) is 5.54. The van der Waals surface area contributed by atoms with Crippen molar-refractivity contribution in [2.75, 3.05) is 11.9 Å². The number of anilines is 1. The van der Waals surface area contributed by atoms with Crippen molar-refractivity contribution < 1.29 is 14.3 Å². The first-order valence-corrected chi connectivity index (χ1v) is 10.9. The average Bonchev–Trinajstić information content (AvgIpc) is 2.85. The normalized spacial score (nSPS) is 11.7. The van der Waals surface area contributed by atoms with Gasteiger partial charge in [0.25, 0.3) is 0 Å². The molecular weight excluding hydrogens is 431 g/mol. The van der Waals surface area contributed by atoms with E-state index in [1.165, 1.54) is 12.1 Å². The number of amides is 1. The number of benzene rings is 2. The predicted octanol–water partition coefficient (Wildman–Crippen LogP) is 4.05. The zero-order valence-electron chi connectivity index (χ0n) is 18.5. The second-order valence-corrected chi connectivity index (χ2v) is 7.92. The number of aliphatic hydroxyl groups is 1. The van der Waals surface area contributed by atoms with Crippen LogP contribution >= 0.6 is 0 Å². The standard InChI is InChI=1S/C27H25FN4O2/c28-22-8-2-4-18(15-22)11-13-31-27-23(25(26(29)34)21-7-3-12-30-16-21)9-10-24(32-27)20-6-1-5-19(14-20)17-33/h1-10,12,14-16,25,33H,11,13,17H2,(H2,29,34)(H,31,32). The van der Waals surface area contributed by atoms with E-state index in [2.05, 4.69) is 10.3 Å². The smallest absolute Gasteiger partial charge is 0.229 e. The maximum absolute atomic E-state index is 13.6. The largest absolute Gasteiger partial charge is 0.392 e. The van der Waals surface area contributed by atoms with Gasteiger partial charge in [-0.15, -0.1) is 0 Å². The van der Waals surface area contributed by atoms with Crippen LogP contribution in [0.2, 0.25) is 0 Å². The highest BCUT2D eigenvalue weighted by molar-refractivity contribution is 5.87. The van der Waals surface area contributed by atoms with Crippen LogP contribution in [0.3, 0.4) is 0 Å². The molecule has 0 saturated carbocycles. The minimum absolute atomic E-state index is 0.0740. The zero-order chi connectivity index (χ0) is 23.9. The van der Waals surface area contributed by atoms with E-state index in [-0.39, 0.29) is 12.4 Å². The average molecular weight is 457 g/mol. The molecule has 1 atom stereocenters. The van der Waals surface area contributed by atoms with Gasteiger partial charge in [0, 0.05) is 30.1 Å². The number of nitrogens with one attached hydrogen (secondary N) is 1. The van der Waals surface area contributed by atoms with Gasteiger partial charge in [-0.1, -0.05) is 42.5 Å². The number of hydrogen-bond donors (Lipinski definition) is 3. The molecule has 4 rings (SSSR count). The summed E-state index contributed by atoms with van der Waals surface area (Å²) in [6.45, 7) is 0.400. The van der Waals surface area contributed by atoms with Gasteiger partial charge in [-0.05, 0) is 53.4 Å². The Bertz CT molecular complexity index is 1280. The maximum atomic E-state index is 13.6. The highest BCUT2D eigenvalue weighted by Crippen LogP contribution is 2.31. The number of pyridine rings is 2. The summed E-state index contributed by atoms with van der Waals surface area (Å²) in [5, 5.41) is 12.8. The number of nitrogens with zero attached hydrogens (tertiary/aromatic N) is 2. The number of hydrogen-bond acceptors (Lipinski definition) is 5. The molecule has 2 aromatic heterocycles. The van der Waals surface area contributed by atoms with Gasteiger partial charge in [0.2, 0.25) is 5.91 Å². The fourth-order valence-electron chi connectivity index (χ4n) is 3.90. The first-order valence-electron chi connectivity index (χ1n) is 10.9. The number of carbonyl (C=O) groups excluding carboxylic acids is 1. The van der Waals surface area contributed by atoms with Crippen LogP contribution in [0.4, 0.5) is 10.2 Å². The lowest BCUT2D eigenvalue weighted by Gasteiger charge is -2.19. The minimum atomic E-state index is -0.740. The van der Waals surface area contributed by atoms with E-state index in [9.17, 15) is 14.3 Å². The molecule has 4 aromatic rings. The van der Waals surface area contributed by atoms with E-state index in [0.29, 0.717) is 35.6 Å². The van der Waals surface area contributed by atoms with Gasteiger partial charge in [0.15, 0.2) is 0 Å². The summed E-state index contributed by atoms with van der Waals surface area (Å²) in [6.07, 6.45) is 3.82. The van der Waals surface area contributed by atoms with Crippen LogP contribution < -0.4 is 11.1 Å². The Morgan fingerprint density at radius 1 is 1.03 bits per heavy atom. The van der Waals surface area contributed by atoms with Crippen molar-refractivity contribution in [1.29, 1.82) is 0 Å². The van der Waals surface area contributed by atoms with E-state index in [0.717, 1.165) is 16.7 Å². The quantitative estimate of drug-likeness (QED) is 0.353. The molecule has 6 nitrogen and oxygen atoms in total. The van der Waals surface area contributed by atoms with Crippen molar-refractivity contribution in [2.24, 2.45) is 5.73 Å². The molecule has 1 unspecified atom stereocenters. The third-order valence-electron chi connectivity index (χ3n) is 5.54. The van der Waals surface area contributed by atoms with E-state index in [4.69, 9.17) is 10.7 Å². The number of halogens is 1. The summed E-state index contributed by atoms with van der Waals surface area (Å²) >= 11 is 0. The van der Waals surface area contributed by atoms with Gasteiger partial charge in [-0.2, -0.15) is 0 Å². The predicted molar refractivity (Wildman–Crippen MR) is 129 cm³/mol. The molecule has 0 saturated heterocycles. The highest BCUT2D eigenvalue weighted by atomic mass is 19.1. The molecule has 0 aliphatic heterocycles. The molecule has 7 heteroatoms. The Morgan fingerprint density at radius 3 is 2.59 bits per heavy atom. The first-order chi connectivity index (χ1) is 16.5. The van der Waals surface area contributed by atoms with Crippen LogP contribution in [0.5, 0.6) is 0 Å². The van der Waals surface area contributed by atoms with Crippen molar-refractivity contribution in [3.05, 3.63) is 113 Å². The number of aliphatic hydroxyl groups excluding tert-OH is 1. The molecule has 172 valence electrons. The van der Waals surface area contributed by atoms with Crippen LogP contribution in [0.25, 0.3) is 11.3 Å². The first kappa shape index (κ1) is 23.1. The molecule has 0 spiro atoms. The van der Waals surface area contributed by atoms with Gasteiger partial charge in [-0.3, -0.25) is 9.78 Å². The van der Waals surface area contributed by atoms with E-state index < -0.39 is 11.8 Å². The number of nitrogens with two attached hydrogens (primary N) is 1. The Hall–Kier alpha value is -4.10. The van der Waals surface area contributed by atoms with Gasteiger partial charge < -0.3 is 16.2 Å². The van der Waals surface area contributed by atoms with Crippen molar-refractivity contribution in [2.45, 2.75) is 18.9 Å². The Balaban J connectivity index is 1.71. The number of carbonyl (C=O) groups is 1. The summed E-state index contributed by atoms with van der Waals surface area (Å²) in [6, 6.07) is 21.1. The summed E-state index contributed by atoms with van der Waals surface area (Å²) in [5.74, 6) is -1.03. The van der Waals surface area contributed by atoms with Crippen LogP contribution in [-0.4, -0.2) is 27.5 Å². The van der Waals surface area contributed by atoms with Crippen LogP contribution in [0, 0.1) is 5.82 Å². The molecule has 4 N–H and O–H groups in total. The van der Waals surface area contributed by atoms with Crippen molar-refractivity contribution in [3.63, 3.8) is 0 Å². The number of primary amides is 1. The fourth-order valence-corrected chi connectivity index (χ4v) is 3.90. The maximum Gasteiger partial charge on any atom is 0.229 e. The van der Waals surface area contributed by atoms with Crippen LogP contribution in [0.1, 0.15) is 28.2 Å². The summed E-state index contributed by atoms with van der Waals surface area (Å²) < 4.78 is 13.6. The molecule has 2 heterocycles. The summed E-state index contributed by atoms with van der Waals surface area (Å²) in [4.78, 5) is 21.4. The molecule has 1 amide bonds. The zero-order valence-corrected chi connectivity index (χ0v) is 18.5. The molecule has 0 fully saturated rings. The number of aromatic nitrogens is 2. The fraction of sp³-hybridized carbons (Fsp3) is 0.148. The molecule has 2 aromatic carbocycles. The molecule has 0 radical (unpaired) electrons. The molecule has 0 aliphatic rings. The van der Waals surface area contributed by atoms with Gasteiger partial charge in [0.1, 0.15) is 11.6 Å². The molecule has 0 aliphatic carbocycles. The molecule has 34 heavy (non-hydrogen) atoms. The Morgan fingerprint density at radius 2 is 1.85 bits per heavy atom. The van der Waals surface area contributed by atoms with Gasteiger partial charge in [0.05, 0.1) is 18.2 Å². The Kier molecular flexibility index (Phi) is 7.25. The second kappa shape index (κ2) is 10.7. The summed E-state index contributed by atoms with van der Waals surface area (Å²) in [7, 11) is 0. The van der Waals surface area contributed by atoms with Crippen molar-refractivity contribution in [3.8, 4) is 11.3 Å². The van der Waals surface area contributed by atoms with Gasteiger partial charge in [-0.25, -0.2) is 9.37 Å². The highest BCUT2D eigenvalue weighted by Gasteiger charge is 2.24. The topological polar surface area (TPSA) is 101 Å². The summed E-state index contributed by atoms with van der Waals surface area (Å²) in [5.41, 5.74) is 10.2. The van der Waals surface area contributed by atoms with E-state index in [1.54, 1.807) is 30.6 Å². The molecular formula is C27H25FN4O2. The number of rotatable bonds is 9. The third kappa shape index (κ3) is 5.44. The lowest BCUT2D eigenvalue weighted by molar-refractivity contribution is -0.118. The monoisotopic (exact) mass is 456 g/mol. The van der Waals surface area contributed by atoms with Crippen LogP contribution in [0.15, 0.2) is 85.2 Å². The molecule has 0 bridgehead atoms. The lowest BCUT2D eigenvalue weighted by atomic mass is 9.91.